The molecule has 0 aromatic heterocycles. The van der Waals surface area contributed by atoms with Crippen molar-refractivity contribution in [3.8, 4) is 0 Å². The molecule has 0 aliphatic carbocycles. The third-order valence-corrected chi connectivity index (χ3v) is 3.94. The first-order valence-electron chi connectivity index (χ1n) is 6.87. The number of nitrogens with zero attached hydrogens (tertiary/aromatic N) is 1. The first-order valence-corrected chi connectivity index (χ1v) is 8.27. The Morgan fingerprint density at radius 2 is 1.78 bits per heavy atom. The third-order valence-electron chi connectivity index (χ3n) is 2.94. The lowest BCUT2D eigenvalue weighted by Gasteiger charge is -2.38. The van der Waals surface area contributed by atoms with E-state index in [1.165, 1.54) is 11.8 Å². The Balaban J connectivity index is 2.94. The molecule has 0 aromatic rings. The van der Waals surface area contributed by atoms with Crippen molar-refractivity contribution < 1.29 is 35.3 Å². The molecule has 134 valence electrons. The normalized spacial score (nSPS) is 23.3. The summed E-state index contributed by atoms with van der Waals surface area (Å²) in [5, 5.41) is 0. The van der Waals surface area contributed by atoms with Gasteiger partial charge in [0.05, 0.1) is 6.04 Å². The van der Waals surface area contributed by atoms with Crippen LogP contribution in [-0.2, 0) is 19.0 Å². The number of carbonyl (C=O) groups excluding carboxylic acids is 1. The Labute approximate surface area is 133 Å². The molecule has 0 spiro atoms. The summed E-state index contributed by atoms with van der Waals surface area (Å²) in [6.45, 7) is 8.15. The topological polar surface area (TPSA) is 72.9 Å². The maximum Gasteiger partial charge on any atom is 0.534 e. The minimum absolute atomic E-state index is 0.168. The van der Waals surface area contributed by atoms with Gasteiger partial charge in [0, 0.05) is 12.5 Å². The van der Waals surface area contributed by atoms with E-state index >= 15 is 0 Å². The Hall–Kier alpha value is -1.45. The van der Waals surface area contributed by atoms with Crippen molar-refractivity contribution in [2.75, 3.05) is 0 Å². The zero-order valence-corrected chi connectivity index (χ0v) is 14.3. The number of hydrogen-bond acceptors (Lipinski definition) is 5. The van der Waals surface area contributed by atoms with Crippen LogP contribution in [-0.4, -0.2) is 42.6 Å². The van der Waals surface area contributed by atoms with Gasteiger partial charge in [0.25, 0.3) is 0 Å². The quantitative estimate of drug-likeness (QED) is 0.559. The van der Waals surface area contributed by atoms with Gasteiger partial charge in [-0.3, -0.25) is 4.90 Å². The van der Waals surface area contributed by atoms with E-state index in [1.807, 2.05) is 0 Å². The van der Waals surface area contributed by atoms with Crippen LogP contribution in [0.3, 0.4) is 0 Å². The summed E-state index contributed by atoms with van der Waals surface area (Å²) in [5.74, 6) is -0.345. The number of carbonyl (C=O) groups is 1. The van der Waals surface area contributed by atoms with Crippen molar-refractivity contribution in [3.63, 3.8) is 0 Å². The van der Waals surface area contributed by atoms with E-state index in [0.717, 1.165) is 6.08 Å². The second kappa shape index (κ2) is 6.21. The van der Waals surface area contributed by atoms with Gasteiger partial charge in [0.2, 0.25) is 0 Å². The minimum atomic E-state index is -5.71. The van der Waals surface area contributed by atoms with Gasteiger partial charge in [-0.2, -0.15) is 21.6 Å². The zero-order valence-electron chi connectivity index (χ0n) is 13.5. The predicted octanol–water partition coefficient (Wildman–Crippen LogP) is 3.15. The smallest absolute Gasteiger partial charge is 0.444 e. The van der Waals surface area contributed by atoms with Crippen molar-refractivity contribution in [3.05, 3.63) is 11.8 Å². The molecule has 1 rings (SSSR count). The molecule has 0 fully saturated rings. The Kier molecular flexibility index (Phi) is 5.30. The number of ether oxygens (including phenoxy) is 1. The highest BCUT2D eigenvalue weighted by Crippen LogP contribution is 2.31. The standard InChI is InChI=1S/C13H20F3NO5S/c1-8-6-10(22-23(19,20)13(14,15)16)7-9(2)17(8)11(18)21-12(3,4)5/h6,8-9H,7H2,1-5H3/t8-,9+/m0/s1. The second-order valence-corrected chi connectivity index (χ2v) is 7.84. The first kappa shape index (κ1) is 19.6. The van der Waals surface area contributed by atoms with Gasteiger partial charge >= 0.3 is 21.7 Å². The highest BCUT2D eigenvalue weighted by Gasteiger charge is 2.49. The van der Waals surface area contributed by atoms with Gasteiger partial charge in [0.15, 0.2) is 0 Å². The van der Waals surface area contributed by atoms with E-state index < -0.39 is 39.4 Å². The van der Waals surface area contributed by atoms with Crippen LogP contribution in [0.1, 0.15) is 41.0 Å². The summed E-state index contributed by atoms with van der Waals surface area (Å²) < 4.78 is 68.5. The molecule has 10 heteroatoms. The largest absolute Gasteiger partial charge is 0.534 e. The van der Waals surface area contributed by atoms with Crippen molar-refractivity contribution in [1.82, 2.24) is 4.90 Å². The van der Waals surface area contributed by atoms with Gasteiger partial charge < -0.3 is 8.92 Å². The molecule has 1 aliphatic heterocycles. The number of rotatable bonds is 2. The summed E-state index contributed by atoms with van der Waals surface area (Å²) in [5.41, 5.74) is -6.22. The summed E-state index contributed by atoms with van der Waals surface area (Å²) in [4.78, 5) is 13.4. The molecule has 2 atom stereocenters. The molecule has 23 heavy (non-hydrogen) atoms. The molecule has 0 bridgehead atoms. The fraction of sp³-hybridized carbons (Fsp3) is 0.769. The molecule has 1 aliphatic rings. The molecule has 0 aromatic carbocycles. The first-order chi connectivity index (χ1) is 10.1. The molecule has 1 amide bonds. The summed E-state index contributed by atoms with van der Waals surface area (Å²) >= 11 is 0. The Morgan fingerprint density at radius 1 is 1.26 bits per heavy atom. The van der Waals surface area contributed by atoms with Gasteiger partial charge in [-0.15, -0.1) is 0 Å². The Morgan fingerprint density at radius 3 is 2.17 bits per heavy atom. The average molecular weight is 359 g/mol. The van der Waals surface area contributed by atoms with E-state index in [-0.39, 0.29) is 12.2 Å². The van der Waals surface area contributed by atoms with Crippen molar-refractivity contribution in [2.45, 2.75) is 64.2 Å². The number of amides is 1. The van der Waals surface area contributed by atoms with E-state index in [4.69, 9.17) is 4.74 Å². The second-order valence-electron chi connectivity index (χ2n) is 6.30. The number of alkyl halides is 3. The lowest BCUT2D eigenvalue weighted by molar-refractivity contribution is -0.0529. The van der Waals surface area contributed by atoms with Crippen LogP contribution >= 0.6 is 0 Å². The molecular formula is C13H20F3NO5S. The number of halogens is 3. The van der Waals surface area contributed by atoms with Crippen LogP contribution < -0.4 is 0 Å². The lowest BCUT2D eigenvalue weighted by atomic mass is 10.0. The molecule has 1 heterocycles. The van der Waals surface area contributed by atoms with Crippen LogP contribution in [0.25, 0.3) is 0 Å². The van der Waals surface area contributed by atoms with E-state index in [2.05, 4.69) is 4.18 Å². The van der Waals surface area contributed by atoms with Gasteiger partial charge in [-0.05, 0) is 40.7 Å². The van der Waals surface area contributed by atoms with Crippen LogP contribution in [0.15, 0.2) is 11.8 Å². The SMILES string of the molecule is C[C@@H]1CC(OS(=O)(=O)C(F)(F)F)=C[C@H](C)N1C(=O)OC(C)(C)C. The number of hydrogen-bond donors (Lipinski definition) is 0. The highest BCUT2D eigenvalue weighted by molar-refractivity contribution is 7.87. The predicted molar refractivity (Wildman–Crippen MR) is 75.8 cm³/mol. The zero-order chi connectivity index (χ0) is 18.2. The fourth-order valence-electron chi connectivity index (χ4n) is 2.12. The molecule has 0 unspecified atom stereocenters. The van der Waals surface area contributed by atoms with E-state index in [0.29, 0.717) is 0 Å². The van der Waals surface area contributed by atoms with E-state index in [1.54, 1.807) is 27.7 Å². The van der Waals surface area contributed by atoms with Crippen LogP contribution in [0, 0.1) is 0 Å². The minimum Gasteiger partial charge on any atom is -0.444 e. The monoisotopic (exact) mass is 359 g/mol. The van der Waals surface area contributed by atoms with Gasteiger partial charge in [-0.1, -0.05) is 0 Å². The highest BCUT2D eigenvalue weighted by atomic mass is 32.2. The molecule has 6 nitrogen and oxygen atoms in total. The van der Waals surface area contributed by atoms with Crippen LogP contribution in [0.2, 0.25) is 0 Å². The van der Waals surface area contributed by atoms with Crippen LogP contribution in [0.5, 0.6) is 0 Å². The maximum atomic E-state index is 12.3. The van der Waals surface area contributed by atoms with Gasteiger partial charge in [0.1, 0.15) is 11.4 Å². The molecule has 0 radical (unpaired) electrons. The van der Waals surface area contributed by atoms with Crippen molar-refractivity contribution >= 4 is 16.2 Å². The summed E-state index contributed by atoms with van der Waals surface area (Å²) in [7, 11) is -5.71. The summed E-state index contributed by atoms with van der Waals surface area (Å²) in [6.07, 6.45) is 0.359. The average Bonchev–Trinajstić information content (AvgIpc) is 2.22. The molecule has 0 saturated heterocycles. The van der Waals surface area contributed by atoms with Crippen molar-refractivity contribution in [1.29, 1.82) is 0 Å². The van der Waals surface area contributed by atoms with Crippen molar-refractivity contribution in [2.24, 2.45) is 0 Å². The van der Waals surface area contributed by atoms with Gasteiger partial charge in [-0.25, -0.2) is 4.79 Å². The summed E-state index contributed by atoms with van der Waals surface area (Å²) in [6, 6.07) is -1.25. The molecular weight excluding hydrogens is 339 g/mol. The van der Waals surface area contributed by atoms with Crippen LogP contribution in [0.4, 0.5) is 18.0 Å². The maximum absolute atomic E-state index is 12.3. The Bertz CT molecular complexity index is 592. The lowest BCUT2D eigenvalue weighted by Crippen LogP contribution is -2.49. The molecule has 0 N–H and O–H groups in total. The molecule has 0 saturated carbocycles. The fourth-order valence-corrected chi connectivity index (χ4v) is 2.62. The van der Waals surface area contributed by atoms with E-state index in [9.17, 15) is 26.4 Å². The third kappa shape index (κ3) is 5.02.